The number of piperidine rings is 1. The Morgan fingerprint density at radius 3 is 2.42 bits per heavy atom. The van der Waals surface area contributed by atoms with Crippen molar-refractivity contribution in [1.29, 1.82) is 0 Å². The van der Waals surface area contributed by atoms with Gasteiger partial charge in [-0.2, -0.15) is 13.2 Å². The molecule has 1 aromatic rings. The molecule has 7 heteroatoms. The Morgan fingerprint density at radius 1 is 1.19 bits per heavy atom. The second-order valence-corrected chi connectivity index (χ2v) is 7.28. The number of aliphatic hydroxyl groups is 1. The normalized spacial score (nSPS) is 24.5. The van der Waals surface area contributed by atoms with Crippen molar-refractivity contribution in [2.24, 2.45) is 5.92 Å². The molecule has 0 bridgehead atoms. The first-order valence-corrected chi connectivity index (χ1v) is 9.16. The predicted molar refractivity (Wildman–Crippen MR) is 91.6 cm³/mol. The van der Waals surface area contributed by atoms with E-state index < -0.39 is 12.1 Å². The Hall–Kier alpha value is -1.60. The molecule has 2 aliphatic rings. The number of likely N-dealkylation sites (tertiary alicyclic amines) is 1. The van der Waals surface area contributed by atoms with E-state index in [0.29, 0.717) is 13.0 Å². The maximum atomic E-state index is 13.1. The molecule has 2 atom stereocenters. The molecule has 3 rings (SSSR count). The zero-order valence-electron chi connectivity index (χ0n) is 14.7. The number of rotatable bonds is 6. The highest BCUT2D eigenvalue weighted by Gasteiger charge is 2.52. The van der Waals surface area contributed by atoms with Gasteiger partial charge in [-0.05, 0) is 43.8 Å². The largest absolute Gasteiger partial charge is 0.471 e. The summed E-state index contributed by atoms with van der Waals surface area (Å²) in [5.41, 5.74) is 0.996. The van der Waals surface area contributed by atoms with Gasteiger partial charge in [-0.1, -0.05) is 30.3 Å². The molecule has 0 radical (unpaired) electrons. The van der Waals surface area contributed by atoms with Crippen LogP contribution in [0.1, 0.15) is 30.7 Å². The lowest BCUT2D eigenvalue weighted by Gasteiger charge is -2.35. The van der Waals surface area contributed by atoms with Crippen LogP contribution >= 0.6 is 0 Å². The molecule has 1 heterocycles. The van der Waals surface area contributed by atoms with E-state index in [1.807, 2.05) is 30.3 Å². The van der Waals surface area contributed by atoms with E-state index in [1.165, 1.54) is 0 Å². The summed E-state index contributed by atoms with van der Waals surface area (Å²) in [5.74, 6) is -1.64. The Balaban J connectivity index is 1.65. The second kappa shape index (κ2) is 7.96. The van der Waals surface area contributed by atoms with Crippen molar-refractivity contribution in [3.8, 4) is 0 Å². The van der Waals surface area contributed by atoms with Gasteiger partial charge in [0.1, 0.15) is 0 Å². The first-order valence-electron chi connectivity index (χ1n) is 9.16. The topological polar surface area (TPSA) is 43.8 Å². The number of benzene rings is 1. The highest BCUT2D eigenvalue weighted by atomic mass is 19.4. The van der Waals surface area contributed by atoms with Crippen LogP contribution in [0.5, 0.6) is 0 Å². The third-order valence-corrected chi connectivity index (χ3v) is 5.47. The highest BCUT2D eigenvalue weighted by molar-refractivity contribution is 5.82. The third kappa shape index (κ3) is 4.57. The van der Waals surface area contributed by atoms with Crippen molar-refractivity contribution < 1.29 is 23.1 Å². The number of β-amino-alcohol motifs (C(OH)–C–C–N with tert-alkyl or cyclic N) is 1. The zero-order valence-corrected chi connectivity index (χ0v) is 14.7. The monoisotopic (exact) mass is 370 g/mol. The zero-order chi connectivity index (χ0) is 18.7. The van der Waals surface area contributed by atoms with E-state index in [-0.39, 0.29) is 31.0 Å². The van der Waals surface area contributed by atoms with Gasteiger partial charge in [0.25, 0.3) is 0 Å². The lowest BCUT2D eigenvalue weighted by molar-refractivity contribution is -0.187. The summed E-state index contributed by atoms with van der Waals surface area (Å²) >= 11 is 0. The van der Waals surface area contributed by atoms with Crippen molar-refractivity contribution in [1.82, 2.24) is 9.80 Å². The number of carbonyl (C=O) groups is 1. The summed E-state index contributed by atoms with van der Waals surface area (Å²) in [6, 6.07) is 9.08. The summed E-state index contributed by atoms with van der Waals surface area (Å²) < 4.78 is 39.3. The molecule has 1 amide bonds. The van der Waals surface area contributed by atoms with Crippen LogP contribution in [0.2, 0.25) is 0 Å². The Labute approximate surface area is 151 Å². The third-order valence-electron chi connectivity index (χ3n) is 5.47. The van der Waals surface area contributed by atoms with Crippen LogP contribution in [0.15, 0.2) is 30.3 Å². The van der Waals surface area contributed by atoms with Crippen LogP contribution in [-0.2, 0) is 4.79 Å². The molecular formula is C19H25F3N2O2. The van der Waals surface area contributed by atoms with Crippen LogP contribution < -0.4 is 0 Å². The Bertz CT molecular complexity index is 601. The minimum absolute atomic E-state index is 0.00280. The summed E-state index contributed by atoms with van der Waals surface area (Å²) in [5, 5.41) is 8.99. The van der Waals surface area contributed by atoms with E-state index in [9.17, 15) is 18.0 Å². The number of carbonyl (C=O) groups excluding carboxylic acids is 1. The van der Waals surface area contributed by atoms with Crippen LogP contribution in [0.3, 0.4) is 0 Å². The molecule has 1 saturated carbocycles. The van der Waals surface area contributed by atoms with Crippen LogP contribution in [0, 0.1) is 5.92 Å². The molecule has 4 nitrogen and oxygen atoms in total. The van der Waals surface area contributed by atoms with Gasteiger partial charge in [0.2, 0.25) is 0 Å². The molecule has 0 aromatic heterocycles. The molecule has 2 fully saturated rings. The average molecular weight is 370 g/mol. The molecule has 1 saturated heterocycles. The van der Waals surface area contributed by atoms with Gasteiger partial charge >= 0.3 is 12.1 Å². The first-order chi connectivity index (χ1) is 12.4. The van der Waals surface area contributed by atoms with Crippen LogP contribution in [-0.4, -0.2) is 65.8 Å². The van der Waals surface area contributed by atoms with Crippen molar-refractivity contribution >= 4 is 5.91 Å². The summed E-state index contributed by atoms with van der Waals surface area (Å²) in [7, 11) is 0. The standard InChI is InChI=1S/C19H25F3N2O2/c20-19(21,22)18(26)24(13-14-6-8-23(9-7-14)10-11-25)17-12-16(17)15-4-2-1-3-5-15/h1-5,14,16-17,25H,6-13H2/t16-,17+/m0/s1. The maximum absolute atomic E-state index is 13.1. The number of halogens is 3. The highest BCUT2D eigenvalue weighted by Crippen LogP contribution is 2.46. The number of aliphatic hydroxyl groups excluding tert-OH is 1. The fraction of sp³-hybridized carbons (Fsp3) is 0.632. The number of hydrogen-bond acceptors (Lipinski definition) is 3. The van der Waals surface area contributed by atoms with Gasteiger partial charge in [0.15, 0.2) is 0 Å². The molecule has 1 aliphatic heterocycles. The lowest BCUT2D eigenvalue weighted by Crippen LogP contribution is -2.47. The van der Waals surface area contributed by atoms with Gasteiger partial charge in [0, 0.05) is 25.0 Å². The minimum atomic E-state index is -4.83. The fourth-order valence-corrected chi connectivity index (χ4v) is 3.93. The van der Waals surface area contributed by atoms with Crippen LogP contribution in [0.4, 0.5) is 13.2 Å². The van der Waals surface area contributed by atoms with E-state index >= 15 is 0 Å². The van der Waals surface area contributed by atoms with E-state index in [0.717, 1.165) is 36.4 Å². The quantitative estimate of drug-likeness (QED) is 0.837. The molecular weight excluding hydrogens is 345 g/mol. The number of alkyl halides is 3. The lowest BCUT2D eigenvalue weighted by atomic mass is 9.96. The number of amides is 1. The van der Waals surface area contributed by atoms with Crippen molar-refractivity contribution in [2.45, 2.75) is 37.4 Å². The van der Waals surface area contributed by atoms with Crippen molar-refractivity contribution in [3.63, 3.8) is 0 Å². The summed E-state index contributed by atoms with van der Waals surface area (Å²) in [6.07, 6.45) is -2.73. The van der Waals surface area contributed by atoms with Gasteiger partial charge in [-0.3, -0.25) is 4.79 Å². The van der Waals surface area contributed by atoms with E-state index in [4.69, 9.17) is 5.11 Å². The summed E-state index contributed by atoms with van der Waals surface area (Å²) in [6.45, 7) is 2.36. The van der Waals surface area contributed by atoms with Gasteiger partial charge < -0.3 is 14.9 Å². The number of hydrogen-bond donors (Lipinski definition) is 1. The Morgan fingerprint density at radius 2 is 1.85 bits per heavy atom. The fourth-order valence-electron chi connectivity index (χ4n) is 3.93. The minimum Gasteiger partial charge on any atom is -0.395 e. The smallest absolute Gasteiger partial charge is 0.395 e. The van der Waals surface area contributed by atoms with E-state index in [1.54, 1.807) is 0 Å². The molecule has 0 unspecified atom stereocenters. The SMILES string of the molecule is O=C(N(CC1CCN(CCO)CC1)[C@@H]1C[C@H]1c1ccccc1)C(F)(F)F. The second-order valence-electron chi connectivity index (χ2n) is 7.28. The molecule has 144 valence electrons. The van der Waals surface area contributed by atoms with Gasteiger partial charge in [-0.25, -0.2) is 0 Å². The molecule has 26 heavy (non-hydrogen) atoms. The number of nitrogens with zero attached hydrogens (tertiary/aromatic N) is 2. The van der Waals surface area contributed by atoms with Gasteiger partial charge in [-0.15, -0.1) is 0 Å². The molecule has 1 N–H and O–H groups in total. The molecule has 1 aliphatic carbocycles. The predicted octanol–water partition coefficient (Wildman–Crippen LogP) is 2.64. The van der Waals surface area contributed by atoms with Crippen molar-refractivity contribution in [3.05, 3.63) is 35.9 Å². The van der Waals surface area contributed by atoms with Gasteiger partial charge in [0.05, 0.1) is 6.61 Å². The molecule has 0 spiro atoms. The maximum Gasteiger partial charge on any atom is 0.471 e. The average Bonchev–Trinajstić information content (AvgIpc) is 3.41. The van der Waals surface area contributed by atoms with Crippen LogP contribution in [0.25, 0.3) is 0 Å². The Kier molecular flexibility index (Phi) is 5.87. The van der Waals surface area contributed by atoms with Crippen molar-refractivity contribution in [2.75, 3.05) is 32.8 Å². The summed E-state index contributed by atoms with van der Waals surface area (Å²) in [4.78, 5) is 15.2. The van der Waals surface area contributed by atoms with E-state index in [2.05, 4.69) is 4.90 Å². The first kappa shape index (κ1) is 19.2. The molecule has 1 aromatic carbocycles.